The maximum atomic E-state index is 5.44. The summed E-state index contributed by atoms with van der Waals surface area (Å²) in [6.45, 7) is 6.37. The van der Waals surface area contributed by atoms with Crippen molar-refractivity contribution in [2.75, 3.05) is 12.4 Å². The van der Waals surface area contributed by atoms with Crippen LogP contribution in [0.3, 0.4) is 0 Å². The summed E-state index contributed by atoms with van der Waals surface area (Å²) >= 11 is 5.44. The molecule has 0 aliphatic rings. The van der Waals surface area contributed by atoms with E-state index < -0.39 is 0 Å². The second-order valence-electron chi connectivity index (χ2n) is 5.47. The van der Waals surface area contributed by atoms with Crippen molar-refractivity contribution in [2.45, 2.75) is 33.2 Å². The van der Waals surface area contributed by atoms with Gasteiger partial charge in [0.2, 0.25) is 0 Å². The number of aryl methyl sites for hydroxylation is 2. The van der Waals surface area contributed by atoms with Crippen molar-refractivity contribution in [3.05, 3.63) is 53.2 Å². The molecule has 2 aromatic rings. The molecule has 4 nitrogen and oxygen atoms in total. The molecule has 2 rings (SSSR count). The maximum absolute atomic E-state index is 5.44. The number of rotatable bonds is 5. The molecule has 0 spiro atoms. The predicted octanol–water partition coefficient (Wildman–Crippen LogP) is 4.14. The number of benzene rings is 1. The van der Waals surface area contributed by atoms with E-state index in [-0.39, 0.29) is 6.04 Å². The van der Waals surface area contributed by atoms with Crippen LogP contribution in [0.2, 0.25) is 0 Å². The van der Waals surface area contributed by atoms with Crippen LogP contribution in [0.15, 0.2) is 36.5 Å². The van der Waals surface area contributed by atoms with Crippen LogP contribution in [0.1, 0.15) is 36.1 Å². The van der Waals surface area contributed by atoms with E-state index in [2.05, 4.69) is 54.6 Å². The number of thiocarbonyl (C=S) groups is 1. The Kier molecular flexibility index (Phi) is 5.93. The molecular formula is C18H23N3OS. The van der Waals surface area contributed by atoms with Crippen molar-refractivity contribution in [3.63, 3.8) is 0 Å². The minimum atomic E-state index is 0.158. The van der Waals surface area contributed by atoms with Crippen LogP contribution in [-0.4, -0.2) is 17.2 Å². The van der Waals surface area contributed by atoms with E-state index in [0.29, 0.717) is 16.7 Å². The lowest BCUT2D eigenvalue weighted by Gasteiger charge is -2.22. The molecule has 1 atom stereocenters. The molecule has 2 N–H and O–H groups in total. The lowest BCUT2D eigenvalue weighted by molar-refractivity contribution is 0.415. The lowest BCUT2D eigenvalue weighted by atomic mass is 9.98. The van der Waals surface area contributed by atoms with Gasteiger partial charge in [0.1, 0.15) is 0 Å². The van der Waals surface area contributed by atoms with Crippen molar-refractivity contribution >= 4 is 23.1 Å². The molecular weight excluding hydrogens is 306 g/mol. The molecule has 23 heavy (non-hydrogen) atoms. The number of hydrogen-bond acceptors (Lipinski definition) is 3. The summed E-state index contributed by atoms with van der Waals surface area (Å²) in [6.07, 6.45) is 2.64. The average molecular weight is 329 g/mol. The molecule has 5 heteroatoms. The first-order valence-corrected chi connectivity index (χ1v) is 8.09. The van der Waals surface area contributed by atoms with Crippen LogP contribution in [0.25, 0.3) is 0 Å². The Morgan fingerprint density at radius 1 is 1.30 bits per heavy atom. The first kappa shape index (κ1) is 17.2. The van der Waals surface area contributed by atoms with Crippen LogP contribution >= 0.6 is 12.2 Å². The monoisotopic (exact) mass is 329 g/mol. The van der Waals surface area contributed by atoms with Crippen molar-refractivity contribution in [1.29, 1.82) is 0 Å². The number of pyridine rings is 1. The van der Waals surface area contributed by atoms with E-state index in [1.165, 1.54) is 16.7 Å². The number of aromatic nitrogens is 1. The Morgan fingerprint density at radius 2 is 2.09 bits per heavy atom. The van der Waals surface area contributed by atoms with Crippen LogP contribution in [0.4, 0.5) is 5.82 Å². The summed E-state index contributed by atoms with van der Waals surface area (Å²) in [6, 6.07) is 10.3. The quantitative estimate of drug-likeness (QED) is 0.807. The third-order valence-corrected chi connectivity index (χ3v) is 3.96. The lowest BCUT2D eigenvalue weighted by Crippen LogP contribution is -2.32. The highest BCUT2D eigenvalue weighted by atomic mass is 32.1. The Hall–Kier alpha value is -2.14. The van der Waals surface area contributed by atoms with E-state index in [1.807, 2.05) is 12.1 Å². The van der Waals surface area contributed by atoms with Gasteiger partial charge in [-0.1, -0.05) is 30.7 Å². The Labute approximate surface area is 143 Å². The number of ether oxygens (including phenoxy) is 1. The van der Waals surface area contributed by atoms with E-state index in [9.17, 15) is 0 Å². The van der Waals surface area contributed by atoms with Gasteiger partial charge in [-0.25, -0.2) is 4.98 Å². The molecule has 0 saturated carbocycles. The van der Waals surface area contributed by atoms with Gasteiger partial charge in [0.15, 0.2) is 16.7 Å². The highest BCUT2D eigenvalue weighted by Gasteiger charge is 2.14. The number of hydrogen-bond donors (Lipinski definition) is 2. The first-order valence-electron chi connectivity index (χ1n) is 7.68. The molecule has 0 fully saturated rings. The molecule has 0 saturated heterocycles. The number of anilines is 1. The fourth-order valence-electron chi connectivity index (χ4n) is 2.57. The zero-order chi connectivity index (χ0) is 16.8. The summed E-state index contributed by atoms with van der Waals surface area (Å²) in [5.41, 5.74) is 3.79. The maximum Gasteiger partial charge on any atom is 0.174 e. The predicted molar refractivity (Wildman–Crippen MR) is 99.1 cm³/mol. The molecule has 0 aliphatic heterocycles. The molecule has 122 valence electrons. The van der Waals surface area contributed by atoms with Gasteiger partial charge in [-0.3, -0.25) is 0 Å². The Bertz CT molecular complexity index is 688. The van der Waals surface area contributed by atoms with Crippen molar-refractivity contribution < 1.29 is 4.74 Å². The van der Waals surface area contributed by atoms with Gasteiger partial charge in [-0.15, -0.1) is 0 Å². The van der Waals surface area contributed by atoms with Crippen LogP contribution < -0.4 is 15.4 Å². The van der Waals surface area contributed by atoms with E-state index in [0.717, 1.165) is 6.42 Å². The van der Waals surface area contributed by atoms with Gasteiger partial charge in [-0.05, 0) is 55.7 Å². The Morgan fingerprint density at radius 3 is 2.74 bits per heavy atom. The SMILES string of the molecule is CC[C@@H](NC(=S)Nc1ncccc1OC)c1ccc(C)cc1C. The van der Waals surface area contributed by atoms with Crippen LogP contribution in [-0.2, 0) is 0 Å². The normalized spacial score (nSPS) is 11.7. The van der Waals surface area contributed by atoms with E-state index in [1.54, 1.807) is 13.3 Å². The van der Waals surface area contributed by atoms with Gasteiger partial charge in [0.05, 0.1) is 13.2 Å². The number of methoxy groups -OCH3 is 1. The van der Waals surface area contributed by atoms with Crippen molar-refractivity contribution in [1.82, 2.24) is 10.3 Å². The highest BCUT2D eigenvalue weighted by molar-refractivity contribution is 7.80. The van der Waals surface area contributed by atoms with Crippen LogP contribution in [0.5, 0.6) is 5.75 Å². The smallest absolute Gasteiger partial charge is 0.174 e. The fourth-order valence-corrected chi connectivity index (χ4v) is 2.81. The molecule has 1 heterocycles. The second-order valence-corrected chi connectivity index (χ2v) is 5.88. The Balaban J connectivity index is 2.11. The van der Waals surface area contributed by atoms with E-state index in [4.69, 9.17) is 17.0 Å². The number of nitrogens with zero attached hydrogens (tertiary/aromatic N) is 1. The van der Waals surface area contributed by atoms with Gasteiger partial charge in [-0.2, -0.15) is 0 Å². The molecule has 0 radical (unpaired) electrons. The molecule has 0 aliphatic carbocycles. The molecule has 0 bridgehead atoms. The van der Waals surface area contributed by atoms with Gasteiger partial charge in [0.25, 0.3) is 0 Å². The summed E-state index contributed by atoms with van der Waals surface area (Å²) < 4.78 is 5.28. The van der Waals surface area contributed by atoms with Crippen molar-refractivity contribution in [3.8, 4) is 5.75 Å². The minimum absolute atomic E-state index is 0.158. The third-order valence-electron chi connectivity index (χ3n) is 3.74. The largest absolute Gasteiger partial charge is 0.493 e. The first-order chi connectivity index (χ1) is 11.0. The summed E-state index contributed by atoms with van der Waals surface area (Å²) in [5.74, 6) is 1.28. The topological polar surface area (TPSA) is 46.2 Å². The molecule has 1 aromatic heterocycles. The van der Waals surface area contributed by atoms with E-state index >= 15 is 0 Å². The summed E-state index contributed by atoms with van der Waals surface area (Å²) in [4.78, 5) is 4.26. The van der Waals surface area contributed by atoms with Crippen LogP contribution in [0, 0.1) is 13.8 Å². The zero-order valence-electron chi connectivity index (χ0n) is 14.0. The highest BCUT2D eigenvalue weighted by Crippen LogP contribution is 2.23. The third kappa shape index (κ3) is 4.42. The molecule has 0 amide bonds. The summed E-state index contributed by atoms with van der Waals surface area (Å²) in [7, 11) is 1.61. The second kappa shape index (κ2) is 7.92. The van der Waals surface area contributed by atoms with Gasteiger partial charge in [0, 0.05) is 6.20 Å². The van der Waals surface area contributed by atoms with Gasteiger partial charge < -0.3 is 15.4 Å². The van der Waals surface area contributed by atoms with Gasteiger partial charge >= 0.3 is 0 Å². The zero-order valence-corrected chi connectivity index (χ0v) is 14.8. The summed E-state index contributed by atoms with van der Waals surface area (Å²) in [5, 5.41) is 7.01. The minimum Gasteiger partial charge on any atom is -0.493 e. The average Bonchev–Trinajstić information content (AvgIpc) is 2.53. The van der Waals surface area contributed by atoms with Crippen molar-refractivity contribution in [2.24, 2.45) is 0 Å². The number of nitrogens with one attached hydrogen (secondary N) is 2. The molecule has 1 aromatic carbocycles. The molecule has 0 unspecified atom stereocenters. The standard InChI is InChI=1S/C18H23N3OS/c1-5-15(14-9-8-12(2)11-13(14)3)20-18(23)21-17-16(22-4)7-6-10-19-17/h6-11,15H,5H2,1-4H3,(H2,19,20,21,23)/t15-/m1/s1. The fraction of sp³-hybridized carbons (Fsp3) is 0.333.